The minimum atomic E-state index is -0.905. The predicted molar refractivity (Wildman–Crippen MR) is 163 cm³/mol. The molecule has 0 spiro atoms. The molecular formula is C32H44N6O5. The first kappa shape index (κ1) is 31.8. The van der Waals surface area contributed by atoms with Gasteiger partial charge in [0.15, 0.2) is 0 Å². The summed E-state index contributed by atoms with van der Waals surface area (Å²) in [5, 5.41) is 11.6. The van der Waals surface area contributed by atoms with E-state index in [1.165, 1.54) is 0 Å². The summed E-state index contributed by atoms with van der Waals surface area (Å²) < 4.78 is 5.20. The minimum Gasteiger partial charge on any atom is -0.497 e. The number of urea groups is 1. The highest BCUT2D eigenvalue weighted by atomic mass is 16.5. The number of carbonyl (C=O) groups is 4. The highest BCUT2D eigenvalue weighted by Gasteiger charge is 2.47. The van der Waals surface area contributed by atoms with Crippen molar-refractivity contribution in [2.45, 2.75) is 76.2 Å². The van der Waals surface area contributed by atoms with Crippen LogP contribution in [0, 0.1) is 5.92 Å². The maximum absolute atomic E-state index is 14.1. The molecule has 6 N–H and O–H groups in total. The smallest absolute Gasteiger partial charge is 0.315 e. The number of carbonyl (C=O) groups excluding carboxylic acids is 4. The molecule has 232 valence electrons. The van der Waals surface area contributed by atoms with E-state index in [1.54, 1.807) is 18.9 Å². The molecule has 5 amide bonds. The summed E-state index contributed by atoms with van der Waals surface area (Å²) >= 11 is 0. The summed E-state index contributed by atoms with van der Waals surface area (Å²) in [6, 6.07) is 14.5. The Hall–Kier alpha value is -4.12. The van der Waals surface area contributed by atoms with Gasteiger partial charge in [-0.2, -0.15) is 0 Å². The van der Waals surface area contributed by atoms with E-state index in [0.29, 0.717) is 51.6 Å². The average molecular weight is 593 g/mol. The van der Waals surface area contributed by atoms with E-state index in [0.717, 1.165) is 16.9 Å². The molecule has 0 radical (unpaired) electrons. The molecule has 11 nitrogen and oxygen atoms in total. The van der Waals surface area contributed by atoms with Gasteiger partial charge in [0.05, 0.1) is 13.2 Å². The van der Waals surface area contributed by atoms with Crippen LogP contribution in [0.4, 0.5) is 4.79 Å². The molecule has 43 heavy (non-hydrogen) atoms. The third-order valence-corrected chi connectivity index (χ3v) is 8.43. The summed E-state index contributed by atoms with van der Waals surface area (Å²) in [5.41, 5.74) is 8.03. The molecular weight excluding hydrogens is 548 g/mol. The number of rotatable bonds is 12. The standard InChI is InChI=1S/C32H44N6O5/c1-3-26(33)29(39)37-28-23(20-36-32(42)35-19-22-7-5-4-6-8-22)11-12-24-13-16-27(38(24)31(28)41)30(40)34-18-17-21-9-14-25(43-2)15-10-21/h4-10,14-15,23-24,26-28H,3,11-13,16-20,33H2,1-2H3,(H,34,40)(H,37,39)(H2,35,36,42)/t23-,24?,26+,27+,28+/m1/s1. The van der Waals surface area contributed by atoms with Crippen molar-refractivity contribution in [3.05, 3.63) is 65.7 Å². The Kier molecular flexibility index (Phi) is 11.4. The summed E-state index contributed by atoms with van der Waals surface area (Å²) in [7, 11) is 1.62. The van der Waals surface area contributed by atoms with Crippen LogP contribution in [-0.4, -0.2) is 73.0 Å². The van der Waals surface area contributed by atoms with Crippen LogP contribution in [0.1, 0.15) is 50.2 Å². The fourth-order valence-electron chi connectivity index (χ4n) is 5.84. The number of nitrogens with one attached hydrogen (secondary N) is 4. The highest BCUT2D eigenvalue weighted by Crippen LogP contribution is 2.34. The van der Waals surface area contributed by atoms with Crippen LogP contribution in [0.15, 0.2) is 54.6 Å². The van der Waals surface area contributed by atoms with Crippen LogP contribution in [0.25, 0.3) is 0 Å². The second-order valence-corrected chi connectivity index (χ2v) is 11.3. The van der Waals surface area contributed by atoms with E-state index in [9.17, 15) is 19.2 Å². The van der Waals surface area contributed by atoms with Crippen molar-refractivity contribution < 1.29 is 23.9 Å². The maximum atomic E-state index is 14.1. The fourth-order valence-corrected chi connectivity index (χ4v) is 5.84. The number of methoxy groups -OCH3 is 1. The SMILES string of the molecule is CC[C@H](N)C(=O)N[C@@H]1C(=O)N2C(CC[C@@H]1CNC(=O)NCc1ccccc1)CC[C@H]2C(=O)NCCc1ccc(OC)cc1. The van der Waals surface area contributed by atoms with Crippen LogP contribution in [0.5, 0.6) is 5.75 Å². The second-order valence-electron chi connectivity index (χ2n) is 11.3. The van der Waals surface area contributed by atoms with Gasteiger partial charge in [-0.25, -0.2) is 4.79 Å². The molecule has 0 saturated carbocycles. The predicted octanol–water partition coefficient (Wildman–Crippen LogP) is 1.85. The van der Waals surface area contributed by atoms with E-state index < -0.39 is 24.0 Å². The number of hydrogen-bond donors (Lipinski definition) is 5. The van der Waals surface area contributed by atoms with Crippen molar-refractivity contribution in [2.24, 2.45) is 11.7 Å². The number of nitrogens with two attached hydrogens (primary N) is 1. The fraction of sp³-hybridized carbons (Fsp3) is 0.500. The summed E-state index contributed by atoms with van der Waals surface area (Å²) in [6.45, 7) is 2.80. The van der Waals surface area contributed by atoms with Gasteiger partial charge in [-0.05, 0) is 61.8 Å². The first-order chi connectivity index (χ1) is 20.8. The number of fused-ring (bicyclic) bond motifs is 1. The van der Waals surface area contributed by atoms with Gasteiger partial charge in [0.1, 0.15) is 17.8 Å². The zero-order chi connectivity index (χ0) is 30.8. The Bertz CT molecular complexity index is 1240. The lowest BCUT2D eigenvalue weighted by atomic mass is 9.92. The molecule has 2 aromatic carbocycles. The molecule has 5 atom stereocenters. The van der Waals surface area contributed by atoms with E-state index in [4.69, 9.17) is 10.5 Å². The normalized spacial score (nSPS) is 22.1. The molecule has 2 saturated heterocycles. The Morgan fingerprint density at radius 2 is 1.67 bits per heavy atom. The summed E-state index contributed by atoms with van der Waals surface area (Å²) in [5.74, 6) is -0.503. The average Bonchev–Trinajstić information content (AvgIpc) is 3.42. The van der Waals surface area contributed by atoms with Crippen LogP contribution in [0.3, 0.4) is 0 Å². The van der Waals surface area contributed by atoms with Gasteiger partial charge < -0.3 is 36.6 Å². The van der Waals surface area contributed by atoms with Crippen molar-refractivity contribution in [1.29, 1.82) is 0 Å². The Morgan fingerprint density at radius 3 is 2.37 bits per heavy atom. The van der Waals surface area contributed by atoms with Gasteiger partial charge in [0.25, 0.3) is 0 Å². The monoisotopic (exact) mass is 592 g/mol. The van der Waals surface area contributed by atoms with Crippen LogP contribution < -0.4 is 31.7 Å². The molecule has 2 aliphatic rings. The third kappa shape index (κ3) is 8.47. The Labute approximate surface area is 253 Å². The van der Waals surface area contributed by atoms with Gasteiger partial charge in [-0.15, -0.1) is 0 Å². The Morgan fingerprint density at radius 1 is 0.953 bits per heavy atom. The van der Waals surface area contributed by atoms with Gasteiger partial charge in [0.2, 0.25) is 17.7 Å². The first-order valence-electron chi connectivity index (χ1n) is 15.1. The van der Waals surface area contributed by atoms with Crippen molar-refractivity contribution >= 4 is 23.8 Å². The van der Waals surface area contributed by atoms with E-state index in [2.05, 4.69) is 21.3 Å². The van der Waals surface area contributed by atoms with Crippen molar-refractivity contribution in [1.82, 2.24) is 26.2 Å². The minimum absolute atomic E-state index is 0.110. The number of amides is 5. The van der Waals surface area contributed by atoms with Crippen LogP contribution >= 0.6 is 0 Å². The third-order valence-electron chi connectivity index (χ3n) is 8.43. The highest BCUT2D eigenvalue weighted by molar-refractivity contribution is 5.94. The van der Waals surface area contributed by atoms with Crippen molar-refractivity contribution in [2.75, 3.05) is 20.2 Å². The van der Waals surface area contributed by atoms with Gasteiger partial charge in [0, 0.05) is 31.6 Å². The van der Waals surface area contributed by atoms with Gasteiger partial charge >= 0.3 is 6.03 Å². The Balaban J connectivity index is 1.40. The van der Waals surface area contributed by atoms with E-state index >= 15 is 0 Å². The molecule has 0 bridgehead atoms. The van der Waals surface area contributed by atoms with Gasteiger partial charge in [-0.3, -0.25) is 14.4 Å². The molecule has 2 aromatic rings. The molecule has 4 rings (SSSR count). The zero-order valence-electron chi connectivity index (χ0n) is 25.0. The van der Waals surface area contributed by atoms with E-state index in [-0.39, 0.29) is 36.3 Å². The summed E-state index contributed by atoms with van der Waals surface area (Å²) in [6.07, 6.45) is 3.60. The molecule has 0 aliphatic carbocycles. The lowest BCUT2D eigenvalue weighted by Gasteiger charge is -2.32. The van der Waals surface area contributed by atoms with Crippen molar-refractivity contribution in [3.63, 3.8) is 0 Å². The molecule has 11 heteroatoms. The number of hydrogen-bond acceptors (Lipinski definition) is 6. The number of ether oxygens (including phenoxy) is 1. The van der Waals surface area contributed by atoms with Crippen LogP contribution in [-0.2, 0) is 27.3 Å². The molecule has 2 heterocycles. The van der Waals surface area contributed by atoms with E-state index in [1.807, 2.05) is 54.6 Å². The topological polar surface area (TPSA) is 155 Å². The van der Waals surface area contributed by atoms with Crippen LogP contribution in [0.2, 0.25) is 0 Å². The second kappa shape index (κ2) is 15.4. The molecule has 2 fully saturated rings. The van der Waals surface area contributed by atoms with Crippen molar-refractivity contribution in [3.8, 4) is 5.75 Å². The molecule has 1 unspecified atom stereocenters. The number of benzene rings is 2. The summed E-state index contributed by atoms with van der Waals surface area (Å²) in [4.78, 5) is 54.5. The molecule has 2 aliphatic heterocycles. The van der Waals surface area contributed by atoms with Gasteiger partial charge in [-0.1, -0.05) is 49.4 Å². The first-order valence-corrected chi connectivity index (χ1v) is 15.1. The largest absolute Gasteiger partial charge is 0.497 e. The zero-order valence-corrected chi connectivity index (χ0v) is 25.0. The quantitative estimate of drug-likeness (QED) is 0.253. The number of nitrogens with zero attached hydrogens (tertiary/aromatic N) is 1. The molecule has 0 aromatic heterocycles. The lowest BCUT2D eigenvalue weighted by Crippen LogP contribution is -2.59. The maximum Gasteiger partial charge on any atom is 0.315 e. The lowest BCUT2D eigenvalue weighted by molar-refractivity contribution is -0.143.